The number of imidazole rings is 1. The van der Waals surface area contributed by atoms with Crippen LogP contribution in [0.3, 0.4) is 0 Å². The number of carbonyl (C=O) groups is 2. The van der Waals surface area contributed by atoms with Crippen LogP contribution in [0.15, 0.2) is 24.3 Å². The predicted octanol–water partition coefficient (Wildman–Crippen LogP) is -0.305. The van der Waals surface area contributed by atoms with Crippen LogP contribution in [-0.2, 0) is 22.7 Å². The Hall–Kier alpha value is -2.45. The Morgan fingerprint density at radius 3 is 2.20 bits per heavy atom. The molecule has 0 radical (unpaired) electrons. The van der Waals surface area contributed by atoms with Gasteiger partial charge in [-0.3, -0.25) is 15.0 Å². The summed E-state index contributed by atoms with van der Waals surface area (Å²) in [6.45, 7) is 1.64. The van der Waals surface area contributed by atoms with Crippen molar-refractivity contribution in [2.24, 2.45) is 11.5 Å². The van der Waals surface area contributed by atoms with Crippen molar-refractivity contribution in [2.45, 2.75) is 32.4 Å². The molecule has 2 rings (SSSR count). The number of para-hydroxylation sites is 2. The molecule has 1 amide bonds. The Morgan fingerprint density at radius 1 is 1.00 bits per heavy atom. The van der Waals surface area contributed by atoms with E-state index in [0.29, 0.717) is 38.9 Å². The van der Waals surface area contributed by atoms with Gasteiger partial charge in [-0.2, -0.15) is 0 Å². The van der Waals surface area contributed by atoms with Gasteiger partial charge in [0.25, 0.3) is 0 Å². The van der Waals surface area contributed by atoms with E-state index in [9.17, 15) is 9.59 Å². The number of Topliss-reactive ketones (excluding diaryl/α,β-unsaturated/α-hetero) is 1. The molecule has 0 atom stereocenters. The van der Waals surface area contributed by atoms with Crippen LogP contribution in [0.2, 0.25) is 0 Å². The van der Waals surface area contributed by atoms with E-state index in [0.717, 1.165) is 11.0 Å². The van der Waals surface area contributed by atoms with Crippen LogP contribution >= 0.6 is 0 Å². The summed E-state index contributed by atoms with van der Waals surface area (Å²) in [7, 11) is 0. The molecule has 1 aromatic heterocycles. The number of carbonyl (C=O) groups excluding carboxylic acids is 2. The van der Waals surface area contributed by atoms with E-state index in [2.05, 4.69) is 5.32 Å². The molecular formula is C17H26N6O2. The van der Waals surface area contributed by atoms with Crippen molar-refractivity contribution in [3.05, 3.63) is 29.9 Å². The minimum Gasteiger partial charge on any atom is -0.355 e. The second-order valence-electron chi connectivity index (χ2n) is 5.91. The monoisotopic (exact) mass is 346 g/mol. The van der Waals surface area contributed by atoms with Crippen LogP contribution in [0.25, 0.3) is 11.0 Å². The Bertz CT molecular complexity index is 792. The maximum atomic E-state index is 12.1. The number of fused-ring (bicyclic) bond motifs is 1. The number of benzene rings is 1. The number of hydrogen-bond donors (Lipinski definition) is 4. The Labute approximate surface area is 146 Å². The second-order valence-corrected chi connectivity index (χ2v) is 5.91. The molecule has 0 aliphatic heterocycles. The van der Waals surface area contributed by atoms with Gasteiger partial charge >= 0.3 is 0 Å². The van der Waals surface area contributed by atoms with Crippen LogP contribution in [0.5, 0.6) is 0 Å². The first-order chi connectivity index (χ1) is 12.1. The highest BCUT2D eigenvalue weighted by atomic mass is 16.2. The summed E-state index contributed by atoms with van der Waals surface area (Å²) in [5.41, 5.74) is 12.5. The third kappa shape index (κ3) is 4.77. The number of nitrogens with two attached hydrogens (primary N) is 2. The van der Waals surface area contributed by atoms with Gasteiger partial charge in [0, 0.05) is 13.0 Å². The minimum absolute atomic E-state index is 0.0271. The Kier molecular flexibility index (Phi) is 6.91. The molecule has 1 heterocycles. The molecule has 1 aromatic carbocycles. The summed E-state index contributed by atoms with van der Waals surface area (Å²) in [5, 5.41) is 11.2. The van der Waals surface area contributed by atoms with Crippen molar-refractivity contribution in [1.82, 2.24) is 14.5 Å². The molecule has 0 bridgehead atoms. The molecule has 136 valence electrons. The van der Waals surface area contributed by atoms with Crippen LogP contribution < -0.4 is 22.4 Å². The molecule has 0 aliphatic carbocycles. The van der Waals surface area contributed by atoms with Crippen molar-refractivity contribution in [3.63, 3.8) is 0 Å². The summed E-state index contributed by atoms with van der Waals surface area (Å²) in [6.07, 6.45) is 1.73. The van der Waals surface area contributed by atoms with E-state index in [-0.39, 0.29) is 30.4 Å². The van der Waals surface area contributed by atoms with E-state index < -0.39 is 0 Å². The number of nitrogens with zero attached hydrogens (tertiary/aromatic N) is 2. The molecule has 0 saturated heterocycles. The summed E-state index contributed by atoms with van der Waals surface area (Å²) >= 11 is 0. The van der Waals surface area contributed by atoms with Crippen LogP contribution in [-0.4, -0.2) is 40.5 Å². The highest BCUT2D eigenvalue weighted by molar-refractivity contribution is 5.83. The van der Waals surface area contributed by atoms with Crippen molar-refractivity contribution in [2.75, 3.05) is 19.6 Å². The molecule has 0 saturated carbocycles. The highest BCUT2D eigenvalue weighted by Gasteiger charge is 2.15. The van der Waals surface area contributed by atoms with Gasteiger partial charge in [-0.15, -0.1) is 0 Å². The number of nitrogens with one attached hydrogen (secondary N) is 2. The van der Waals surface area contributed by atoms with Gasteiger partial charge in [-0.1, -0.05) is 12.1 Å². The maximum Gasteiger partial charge on any atom is 0.240 e. The van der Waals surface area contributed by atoms with Gasteiger partial charge in [0.05, 0.1) is 17.6 Å². The van der Waals surface area contributed by atoms with Gasteiger partial charge in [-0.05, 0) is 38.1 Å². The first-order valence-electron chi connectivity index (χ1n) is 8.49. The quantitative estimate of drug-likeness (QED) is 0.440. The standard InChI is InChI=1S/C17H26N6O2/c18-8-3-5-13(24)11-22-14-6-1-2-7-15(14)23(17(22)20)12-16(25)21-10-4-9-19/h1-2,6-7,20H,3-5,8-12,18-19H2,(H,21,25). The lowest BCUT2D eigenvalue weighted by molar-refractivity contribution is -0.121. The normalized spacial score (nSPS) is 11.0. The molecule has 25 heavy (non-hydrogen) atoms. The highest BCUT2D eigenvalue weighted by Crippen LogP contribution is 2.13. The van der Waals surface area contributed by atoms with E-state index in [1.165, 1.54) is 0 Å². The molecule has 0 unspecified atom stereocenters. The number of ketones is 1. The van der Waals surface area contributed by atoms with Crippen LogP contribution in [0.1, 0.15) is 19.3 Å². The largest absolute Gasteiger partial charge is 0.355 e. The summed E-state index contributed by atoms with van der Waals surface area (Å²) in [6, 6.07) is 7.41. The molecule has 0 spiro atoms. The van der Waals surface area contributed by atoms with Crippen molar-refractivity contribution < 1.29 is 9.59 Å². The zero-order chi connectivity index (χ0) is 18.2. The zero-order valence-corrected chi connectivity index (χ0v) is 14.3. The van der Waals surface area contributed by atoms with Crippen molar-refractivity contribution in [3.8, 4) is 0 Å². The third-order valence-electron chi connectivity index (χ3n) is 3.97. The molecule has 8 heteroatoms. The average Bonchev–Trinajstić information content (AvgIpc) is 2.86. The fourth-order valence-electron chi connectivity index (χ4n) is 2.70. The zero-order valence-electron chi connectivity index (χ0n) is 14.3. The third-order valence-corrected chi connectivity index (χ3v) is 3.97. The lowest BCUT2D eigenvalue weighted by Gasteiger charge is -2.06. The van der Waals surface area contributed by atoms with Crippen molar-refractivity contribution in [1.29, 1.82) is 5.41 Å². The van der Waals surface area contributed by atoms with Gasteiger partial charge in [-0.25, -0.2) is 0 Å². The van der Waals surface area contributed by atoms with Crippen LogP contribution in [0.4, 0.5) is 0 Å². The second kappa shape index (κ2) is 9.14. The summed E-state index contributed by atoms with van der Waals surface area (Å²) in [5.74, 6) is -0.149. The Morgan fingerprint density at radius 2 is 1.60 bits per heavy atom. The van der Waals surface area contributed by atoms with Crippen LogP contribution in [0, 0.1) is 5.41 Å². The van der Waals surface area contributed by atoms with E-state index in [1.807, 2.05) is 24.3 Å². The van der Waals surface area contributed by atoms with Gasteiger partial charge < -0.3 is 25.9 Å². The molecular weight excluding hydrogens is 320 g/mol. The number of amides is 1. The van der Waals surface area contributed by atoms with Gasteiger partial charge in [0.2, 0.25) is 11.5 Å². The lowest BCUT2D eigenvalue weighted by atomic mass is 10.2. The topological polar surface area (TPSA) is 132 Å². The first kappa shape index (κ1) is 18.9. The molecule has 0 aliphatic rings. The number of aromatic nitrogens is 2. The lowest BCUT2D eigenvalue weighted by Crippen LogP contribution is -2.34. The minimum atomic E-state index is -0.177. The average molecular weight is 346 g/mol. The van der Waals surface area contributed by atoms with Crippen molar-refractivity contribution >= 4 is 22.7 Å². The fourth-order valence-corrected chi connectivity index (χ4v) is 2.70. The molecule has 6 N–H and O–H groups in total. The van der Waals surface area contributed by atoms with E-state index in [4.69, 9.17) is 16.9 Å². The fraction of sp³-hybridized carbons (Fsp3) is 0.471. The van der Waals surface area contributed by atoms with Gasteiger partial charge in [0.15, 0.2) is 5.78 Å². The first-order valence-corrected chi connectivity index (χ1v) is 8.49. The summed E-state index contributed by atoms with van der Waals surface area (Å²) in [4.78, 5) is 24.2. The predicted molar refractivity (Wildman–Crippen MR) is 95.8 cm³/mol. The van der Waals surface area contributed by atoms with E-state index in [1.54, 1.807) is 9.13 Å². The number of rotatable bonds is 10. The number of hydrogen-bond acceptors (Lipinski definition) is 5. The smallest absolute Gasteiger partial charge is 0.240 e. The van der Waals surface area contributed by atoms with E-state index >= 15 is 0 Å². The molecule has 0 fully saturated rings. The summed E-state index contributed by atoms with van der Waals surface area (Å²) < 4.78 is 3.25. The maximum absolute atomic E-state index is 12.1. The Balaban J connectivity index is 2.26. The molecule has 8 nitrogen and oxygen atoms in total. The van der Waals surface area contributed by atoms with Gasteiger partial charge in [0.1, 0.15) is 6.54 Å². The molecule has 2 aromatic rings. The SMILES string of the molecule is N=c1n(CC(=O)CCCN)c2ccccc2n1CC(=O)NCCCN.